The Bertz CT molecular complexity index is 1290. The van der Waals surface area contributed by atoms with Crippen molar-refractivity contribution < 1.29 is 32.1 Å². The first-order valence-corrected chi connectivity index (χ1v) is 13.8. The zero-order valence-corrected chi connectivity index (χ0v) is 22.6. The molecular weight excluding hydrogens is 504 g/mol. The first-order chi connectivity index (χ1) is 17.4. The average Bonchev–Trinajstić information content (AvgIpc) is 3.42. The monoisotopic (exact) mass is 534 g/mol. The van der Waals surface area contributed by atoms with Gasteiger partial charge in [0.15, 0.2) is 26.5 Å². The number of thiazole rings is 1. The zero-order chi connectivity index (χ0) is 25.9. The van der Waals surface area contributed by atoms with Gasteiger partial charge in [-0.15, -0.1) is 11.3 Å². The molecule has 0 aliphatic carbocycles. The highest BCUT2D eigenvalue weighted by atomic mass is 32.2. The lowest BCUT2D eigenvalue weighted by atomic mass is 10.1. The summed E-state index contributed by atoms with van der Waals surface area (Å²) in [5.41, 5.74) is 1.62. The summed E-state index contributed by atoms with van der Waals surface area (Å²) in [6.45, 7) is 1.16. The van der Waals surface area contributed by atoms with E-state index in [-0.39, 0.29) is 4.90 Å². The maximum absolute atomic E-state index is 13.4. The molecule has 0 radical (unpaired) electrons. The highest BCUT2D eigenvalue weighted by Crippen LogP contribution is 2.42. The molecule has 11 heteroatoms. The van der Waals surface area contributed by atoms with Crippen molar-refractivity contribution >= 4 is 26.3 Å². The Balaban J connectivity index is 1.51. The van der Waals surface area contributed by atoms with Crippen LogP contribution in [0.3, 0.4) is 0 Å². The Morgan fingerprint density at radius 2 is 1.50 bits per heavy atom. The number of sulfone groups is 1. The predicted molar refractivity (Wildman–Crippen MR) is 139 cm³/mol. The molecule has 0 saturated carbocycles. The molecule has 4 rings (SSSR count). The van der Waals surface area contributed by atoms with E-state index in [1.807, 2.05) is 17.5 Å². The van der Waals surface area contributed by atoms with Crippen LogP contribution in [0.2, 0.25) is 0 Å². The number of hydrogen-bond donors (Lipinski definition) is 0. The standard InChI is InChI=1S/C25H30N2O7S2/c1-30-17-6-7-20(31-2)23(14-17)36(28,29)18-8-10-27(11-9-18)25-26-19(15-35-25)16-12-21(32-3)24(34-5)22(13-16)33-4/h6-7,12-15,18H,8-11H2,1-5H3. The molecule has 9 nitrogen and oxygen atoms in total. The first-order valence-electron chi connectivity index (χ1n) is 11.3. The predicted octanol–water partition coefficient (Wildman–Crippen LogP) is 4.30. The van der Waals surface area contributed by atoms with Crippen LogP contribution in [0.25, 0.3) is 11.3 Å². The van der Waals surface area contributed by atoms with Gasteiger partial charge in [-0.2, -0.15) is 0 Å². The lowest BCUT2D eigenvalue weighted by molar-refractivity contribution is 0.324. The third-order valence-electron chi connectivity index (χ3n) is 6.28. The van der Waals surface area contributed by atoms with Gasteiger partial charge in [0.05, 0.1) is 46.5 Å². The van der Waals surface area contributed by atoms with Crippen LogP contribution in [0.15, 0.2) is 40.6 Å². The van der Waals surface area contributed by atoms with Crippen LogP contribution in [0.5, 0.6) is 28.7 Å². The maximum Gasteiger partial charge on any atom is 0.203 e. The van der Waals surface area contributed by atoms with Crippen molar-refractivity contribution in [2.45, 2.75) is 23.0 Å². The fraction of sp³-hybridized carbons (Fsp3) is 0.400. The van der Waals surface area contributed by atoms with Crippen LogP contribution in [0.1, 0.15) is 12.8 Å². The van der Waals surface area contributed by atoms with E-state index in [4.69, 9.17) is 28.7 Å². The fourth-order valence-corrected chi connectivity index (χ4v) is 7.11. The minimum Gasteiger partial charge on any atom is -0.497 e. The van der Waals surface area contributed by atoms with Crippen molar-refractivity contribution in [3.8, 4) is 40.0 Å². The summed E-state index contributed by atoms with van der Waals surface area (Å²) in [6, 6.07) is 8.57. The van der Waals surface area contributed by atoms with E-state index in [0.29, 0.717) is 54.7 Å². The maximum atomic E-state index is 13.4. The van der Waals surface area contributed by atoms with Gasteiger partial charge in [0.25, 0.3) is 0 Å². The number of methoxy groups -OCH3 is 5. The number of aromatic nitrogens is 1. The third kappa shape index (κ3) is 4.90. The van der Waals surface area contributed by atoms with Gasteiger partial charge in [0.2, 0.25) is 5.75 Å². The van der Waals surface area contributed by atoms with Crippen molar-refractivity contribution in [2.24, 2.45) is 0 Å². The van der Waals surface area contributed by atoms with Crippen molar-refractivity contribution in [1.82, 2.24) is 4.98 Å². The minimum absolute atomic E-state index is 0.168. The summed E-state index contributed by atoms with van der Waals surface area (Å²) >= 11 is 1.52. The quantitative estimate of drug-likeness (QED) is 0.398. The number of hydrogen-bond acceptors (Lipinski definition) is 10. The fourth-order valence-electron chi connectivity index (χ4n) is 4.31. The van der Waals surface area contributed by atoms with E-state index >= 15 is 0 Å². The van der Waals surface area contributed by atoms with Gasteiger partial charge in [-0.05, 0) is 37.1 Å². The number of benzene rings is 2. The highest BCUT2D eigenvalue weighted by molar-refractivity contribution is 7.92. The van der Waals surface area contributed by atoms with Gasteiger partial charge >= 0.3 is 0 Å². The van der Waals surface area contributed by atoms with Crippen LogP contribution in [-0.2, 0) is 9.84 Å². The van der Waals surface area contributed by atoms with Gasteiger partial charge in [0.1, 0.15) is 16.4 Å². The Morgan fingerprint density at radius 1 is 0.861 bits per heavy atom. The van der Waals surface area contributed by atoms with Crippen molar-refractivity contribution in [2.75, 3.05) is 53.5 Å². The number of anilines is 1. The summed E-state index contributed by atoms with van der Waals surface area (Å²) in [6.07, 6.45) is 0.976. The number of piperidine rings is 1. The van der Waals surface area contributed by atoms with E-state index in [9.17, 15) is 8.42 Å². The van der Waals surface area contributed by atoms with Gasteiger partial charge < -0.3 is 28.6 Å². The molecule has 0 unspecified atom stereocenters. The zero-order valence-electron chi connectivity index (χ0n) is 20.9. The van der Waals surface area contributed by atoms with Crippen molar-refractivity contribution in [3.05, 3.63) is 35.7 Å². The molecule has 36 heavy (non-hydrogen) atoms. The number of nitrogens with zero attached hydrogens (tertiary/aromatic N) is 2. The van der Waals surface area contributed by atoms with Crippen LogP contribution in [0, 0.1) is 0 Å². The molecule has 1 aliphatic rings. The van der Waals surface area contributed by atoms with Gasteiger partial charge in [-0.1, -0.05) is 0 Å². The summed E-state index contributed by atoms with van der Waals surface area (Å²) in [5.74, 6) is 2.44. The highest BCUT2D eigenvalue weighted by Gasteiger charge is 2.34. The molecular formula is C25H30N2O7S2. The van der Waals surface area contributed by atoms with Gasteiger partial charge in [0, 0.05) is 30.1 Å². The summed E-state index contributed by atoms with van der Waals surface area (Å²) in [5, 5.41) is 2.30. The first kappa shape index (κ1) is 25.9. The van der Waals surface area contributed by atoms with Crippen LogP contribution in [-0.4, -0.2) is 67.3 Å². The number of ether oxygens (including phenoxy) is 5. The van der Waals surface area contributed by atoms with E-state index in [0.717, 1.165) is 16.4 Å². The van der Waals surface area contributed by atoms with E-state index in [1.54, 1.807) is 33.5 Å². The van der Waals surface area contributed by atoms with Crippen LogP contribution >= 0.6 is 11.3 Å². The molecule has 0 atom stereocenters. The summed E-state index contributed by atoms with van der Waals surface area (Å²) < 4.78 is 53.8. The molecule has 0 bridgehead atoms. The third-order valence-corrected chi connectivity index (χ3v) is 9.46. The van der Waals surface area contributed by atoms with Crippen LogP contribution < -0.4 is 28.6 Å². The SMILES string of the molecule is COc1ccc(OC)c(S(=O)(=O)C2CCN(c3nc(-c4cc(OC)c(OC)c(OC)c4)cs3)CC2)c1. The molecule has 194 valence electrons. The lowest BCUT2D eigenvalue weighted by Crippen LogP contribution is -2.39. The minimum atomic E-state index is -3.59. The Labute approximate surface area is 215 Å². The molecule has 1 fully saturated rings. The normalized spacial score (nSPS) is 14.4. The van der Waals surface area contributed by atoms with Gasteiger partial charge in [-0.25, -0.2) is 13.4 Å². The largest absolute Gasteiger partial charge is 0.497 e. The average molecular weight is 535 g/mol. The Hall–Kier alpha value is -3.18. The Kier molecular flexibility index (Phi) is 7.79. The molecule has 1 aromatic heterocycles. The summed E-state index contributed by atoms with van der Waals surface area (Å²) in [7, 11) is 4.11. The molecule has 0 N–H and O–H groups in total. The topological polar surface area (TPSA) is 96.4 Å². The molecule has 0 amide bonds. The lowest BCUT2D eigenvalue weighted by Gasteiger charge is -2.31. The molecule has 1 saturated heterocycles. The molecule has 0 spiro atoms. The van der Waals surface area contributed by atoms with E-state index in [2.05, 4.69) is 4.90 Å². The second kappa shape index (κ2) is 10.8. The second-order valence-electron chi connectivity index (χ2n) is 8.18. The second-order valence-corrected chi connectivity index (χ2v) is 11.2. The van der Waals surface area contributed by atoms with E-state index in [1.165, 1.54) is 31.6 Å². The summed E-state index contributed by atoms with van der Waals surface area (Å²) in [4.78, 5) is 7.11. The number of rotatable bonds is 9. The molecule has 2 heterocycles. The van der Waals surface area contributed by atoms with Crippen LogP contribution in [0.4, 0.5) is 5.13 Å². The van der Waals surface area contributed by atoms with Crippen molar-refractivity contribution in [3.63, 3.8) is 0 Å². The van der Waals surface area contributed by atoms with E-state index < -0.39 is 15.1 Å². The molecule has 2 aromatic carbocycles. The van der Waals surface area contributed by atoms with Crippen molar-refractivity contribution in [1.29, 1.82) is 0 Å². The molecule has 1 aliphatic heterocycles. The Morgan fingerprint density at radius 3 is 2.06 bits per heavy atom. The smallest absolute Gasteiger partial charge is 0.203 e. The molecule has 3 aromatic rings. The van der Waals surface area contributed by atoms with Gasteiger partial charge in [-0.3, -0.25) is 0 Å².